The Morgan fingerprint density at radius 2 is 2.44 bits per heavy atom. The van der Waals surface area contributed by atoms with E-state index < -0.39 is 0 Å². The van der Waals surface area contributed by atoms with Crippen LogP contribution in [0.3, 0.4) is 0 Å². The summed E-state index contributed by atoms with van der Waals surface area (Å²) in [5, 5.41) is 7.74. The van der Waals surface area contributed by atoms with Gasteiger partial charge in [0.05, 0.1) is 0 Å². The molecule has 2 nitrogen and oxygen atoms in total. The van der Waals surface area contributed by atoms with Crippen LogP contribution in [0.4, 0.5) is 0 Å². The van der Waals surface area contributed by atoms with E-state index in [1.807, 2.05) is 0 Å². The highest BCUT2D eigenvalue weighted by molar-refractivity contribution is 8.00. The zero-order chi connectivity index (χ0) is 6.10. The summed E-state index contributed by atoms with van der Waals surface area (Å²) in [6, 6.07) is 0.816. The standard InChI is InChI=1S/C6H12N2S/c1-2-7-3-6-5(1)8-4-9-6/h5-8H,1-4H2. The van der Waals surface area contributed by atoms with E-state index in [1.165, 1.54) is 19.5 Å². The van der Waals surface area contributed by atoms with Crippen LogP contribution in [0.1, 0.15) is 6.42 Å². The molecule has 0 aromatic rings. The van der Waals surface area contributed by atoms with E-state index in [-0.39, 0.29) is 0 Å². The van der Waals surface area contributed by atoms with Crippen LogP contribution in [-0.2, 0) is 0 Å². The average molecular weight is 144 g/mol. The molecule has 2 aliphatic heterocycles. The molecule has 0 spiro atoms. The van der Waals surface area contributed by atoms with Crippen LogP contribution in [0.15, 0.2) is 0 Å². The first-order valence-electron chi connectivity index (χ1n) is 3.52. The Labute approximate surface area is 59.8 Å². The van der Waals surface area contributed by atoms with Crippen LogP contribution in [0.5, 0.6) is 0 Å². The van der Waals surface area contributed by atoms with Crippen molar-refractivity contribution in [3.63, 3.8) is 0 Å². The second-order valence-corrected chi connectivity index (χ2v) is 3.88. The second kappa shape index (κ2) is 2.48. The molecule has 2 N–H and O–H groups in total. The van der Waals surface area contributed by atoms with E-state index in [0.717, 1.165) is 17.2 Å². The van der Waals surface area contributed by atoms with E-state index >= 15 is 0 Å². The first-order chi connectivity index (χ1) is 4.47. The van der Waals surface area contributed by atoms with E-state index in [2.05, 4.69) is 22.4 Å². The third-order valence-corrected chi connectivity index (χ3v) is 3.33. The number of hydrogen-bond acceptors (Lipinski definition) is 3. The van der Waals surface area contributed by atoms with Crippen molar-refractivity contribution in [1.82, 2.24) is 10.6 Å². The van der Waals surface area contributed by atoms with Crippen molar-refractivity contribution in [1.29, 1.82) is 0 Å². The lowest BCUT2D eigenvalue weighted by atomic mass is 10.1. The summed E-state index contributed by atoms with van der Waals surface area (Å²) in [5.74, 6) is 1.16. The summed E-state index contributed by atoms with van der Waals surface area (Å²) >= 11 is 2.05. The van der Waals surface area contributed by atoms with Crippen molar-refractivity contribution in [3.05, 3.63) is 0 Å². The first-order valence-corrected chi connectivity index (χ1v) is 4.57. The number of piperidine rings is 1. The van der Waals surface area contributed by atoms with Crippen molar-refractivity contribution >= 4 is 11.8 Å². The van der Waals surface area contributed by atoms with Crippen LogP contribution < -0.4 is 10.6 Å². The lowest BCUT2D eigenvalue weighted by Crippen LogP contribution is -2.44. The van der Waals surface area contributed by atoms with Gasteiger partial charge >= 0.3 is 0 Å². The monoisotopic (exact) mass is 144 g/mol. The molecule has 0 radical (unpaired) electrons. The van der Waals surface area contributed by atoms with Gasteiger partial charge in [-0.25, -0.2) is 0 Å². The topological polar surface area (TPSA) is 24.1 Å². The molecular formula is C6H12N2S. The van der Waals surface area contributed by atoms with E-state index in [9.17, 15) is 0 Å². The highest BCUT2D eigenvalue weighted by Crippen LogP contribution is 2.23. The fraction of sp³-hybridized carbons (Fsp3) is 1.00. The summed E-state index contributed by atoms with van der Waals surface area (Å²) in [6.45, 7) is 2.41. The number of thioether (sulfide) groups is 1. The maximum Gasteiger partial charge on any atom is 0.0424 e. The maximum absolute atomic E-state index is 3.48. The molecule has 0 amide bonds. The van der Waals surface area contributed by atoms with Gasteiger partial charge in [0.1, 0.15) is 0 Å². The Morgan fingerprint density at radius 3 is 3.33 bits per heavy atom. The third-order valence-electron chi connectivity index (χ3n) is 2.07. The van der Waals surface area contributed by atoms with Gasteiger partial charge in [-0.2, -0.15) is 0 Å². The van der Waals surface area contributed by atoms with Gasteiger partial charge in [-0.3, -0.25) is 0 Å². The molecule has 0 aliphatic carbocycles. The minimum absolute atomic E-state index is 0.816. The van der Waals surface area contributed by atoms with Crippen LogP contribution in [0, 0.1) is 0 Å². The Morgan fingerprint density at radius 1 is 1.44 bits per heavy atom. The molecule has 2 saturated heterocycles. The summed E-state index contributed by atoms with van der Waals surface area (Å²) in [5.41, 5.74) is 0. The predicted molar refractivity (Wildman–Crippen MR) is 40.7 cm³/mol. The Kier molecular flexibility index (Phi) is 1.66. The molecule has 2 atom stereocenters. The molecule has 2 heterocycles. The van der Waals surface area contributed by atoms with Gasteiger partial charge in [0.25, 0.3) is 0 Å². The average Bonchev–Trinajstić information content (AvgIpc) is 2.33. The number of hydrogen-bond donors (Lipinski definition) is 2. The van der Waals surface area contributed by atoms with Gasteiger partial charge < -0.3 is 10.6 Å². The Balaban J connectivity index is 1.97. The summed E-state index contributed by atoms with van der Waals surface area (Å²) in [7, 11) is 0. The van der Waals surface area contributed by atoms with Gasteiger partial charge in [-0.05, 0) is 13.0 Å². The molecule has 0 aromatic carbocycles. The SMILES string of the molecule is C1CC2NCSC2CN1. The minimum Gasteiger partial charge on any atom is -0.316 e. The molecule has 2 rings (SSSR count). The molecule has 9 heavy (non-hydrogen) atoms. The highest BCUT2D eigenvalue weighted by atomic mass is 32.2. The Hall–Kier alpha value is 0.270. The molecule has 2 fully saturated rings. The predicted octanol–water partition coefficient (Wildman–Crippen LogP) is 0.0108. The van der Waals surface area contributed by atoms with Crippen molar-refractivity contribution < 1.29 is 0 Å². The molecule has 2 aliphatic rings. The van der Waals surface area contributed by atoms with Gasteiger partial charge in [0, 0.05) is 23.7 Å². The number of fused-ring (bicyclic) bond motifs is 1. The lowest BCUT2D eigenvalue weighted by Gasteiger charge is -2.24. The number of nitrogens with one attached hydrogen (secondary N) is 2. The van der Waals surface area contributed by atoms with E-state index in [1.54, 1.807) is 0 Å². The number of rotatable bonds is 0. The van der Waals surface area contributed by atoms with E-state index in [4.69, 9.17) is 0 Å². The summed E-state index contributed by atoms with van der Waals surface area (Å²) in [4.78, 5) is 0. The van der Waals surface area contributed by atoms with Gasteiger partial charge in [0.15, 0.2) is 0 Å². The first kappa shape index (κ1) is 6.01. The highest BCUT2D eigenvalue weighted by Gasteiger charge is 2.29. The molecule has 52 valence electrons. The van der Waals surface area contributed by atoms with Gasteiger partial charge in [0.2, 0.25) is 0 Å². The molecule has 0 aromatic heterocycles. The van der Waals surface area contributed by atoms with Crippen LogP contribution in [0.25, 0.3) is 0 Å². The normalized spacial score (nSPS) is 42.7. The fourth-order valence-electron chi connectivity index (χ4n) is 1.50. The molecule has 3 heteroatoms. The third kappa shape index (κ3) is 1.09. The molecule has 2 unspecified atom stereocenters. The molecule has 0 bridgehead atoms. The fourth-order valence-corrected chi connectivity index (χ4v) is 2.73. The van der Waals surface area contributed by atoms with Crippen molar-refractivity contribution in [2.45, 2.75) is 17.7 Å². The van der Waals surface area contributed by atoms with Crippen LogP contribution >= 0.6 is 11.8 Å². The smallest absolute Gasteiger partial charge is 0.0424 e. The molecular weight excluding hydrogens is 132 g/mol. The Bertz CT molecular complexity index is 95.2. The van der Waals surface area contributed by atoms with Crippen LogP contribution in [-0.4, -0.2) is 30.3 Å². The van der Waals surface area contributed by atoms with E-state index in [0.29, 0.717) is 0 Å². The van der Waals surface area contributed by atoms with Crippen molar-refractivity contribution in [3.8, 4) is 0 Å². The van der Waals surface area contributed by atoms with Crippen molar-refractivity contribution in [2.75, 3.05) is 19.0 Å². The van der Waals surface area contributed by atoms with Gasteiger partial charge in [-0.15, -0.1) is 11.8 Å². The van der Waals surface area contributed by atoms with Gasteiger partial charge in [-0.1, -0.05) is 0 Å². The second-order valence-electron chi connectivity index (χ2n) is 2.65. The maximum atomic E-state index is 3.48. The quantitative estimate of drug-likeness (QED) is 0.501. The minimum atomic E-state index is 0.816. The zero-order valence-electron chi connectivity index (χ0n) is 5.39. The van der Waals surface area contributed by atoms with Crippen molar-refractivity contribution in [2.24, 2.45) is 0 Å². The summed E-state index contributed by atoms with van der Waals surface area (Å²) < 4.78 is 0. The lowest BCUT2D eigenvalue weighted by molar-refractivity contribution is 0.434. The molecule has 0 saturated carbocycles. The summed E-state index contributed by atoms with van der Waals surface area (Å²) in [6.07, 6.45) is 1.32. The zero-order valence-corrected chi connectivity index (χ0v) is 6.21. The largest absolute Gasteiger partial charge is 0.316 e. The van der Waals surface area contributed by atoms with Crippen LogP contribution in [0.2, 0.25) is 0 Å².